The molecule has 1 aromatic carbocycles. The standard InChI is InChI=1S/C13H16ClN3O2S2/c1-16-21(18,19)12-4-2-9(8-11(12)15)17-7-6-10-3-5-13(14)20-10/h2-5,8,16-17H,6-7,15H2,1H3. The van der Waals surface area contributed by atoms with E-state index < -0.39 is 10.0 Å². The molecule has 0 aliphatic rings. The lowest BCUT2D eigenvalue weighted by Gasteiger charge is -2.10. The van der Waals surface area contributed by atoms with E-state index >= 15 is 0 Å². The summed E-state index contributed by atoms with van der Waals surface area (Å²) in [4.78, 5) is 1.27. The maximum absolute atomic E-state index is 11.7. The molecule has 0 saturated carbocycles. The van der Waals surface area contributed by atoms with Crippen LogP contribution in [0.3, 0.4) is 0 Å². The number of thiophene rings is 1. The molecule has 114 valence electrons. The number of nitrogens with one attached hydrogen (secondary N) is 2. The first-order valence-corrected chi connectivity index (χ1v) is 8.91. The summed E-state index contributed by atoms with van der Waals surface area (Å²) in [6, 6.07) is 8.67. The predicted molar refractivity (Wildman–Crippen MR) is 88.6 cm³/mol. The second kappa shape index (κ2) is 6.65. The van der Waals surface area contributed by atoms with E-state index in [1.165, 1.54) is 18.0 Å². The monoisotopic (exact) mass is 345 g/mol. The van der Waals surface area contributed by atoms with Crippen LogP contribution in [0.1, 0.15) is 4.88 Å². The molecule has 21 heavy (non-hydrogen) atoms. The maximum atomic E-state index is 11.7. The first kappa shape index (κ1) is 16.1. The molecule has 2 aromatic rings. The molecule has 5 nitrogen and oxygen atoms in total. The Morgan fingerprint density at radius 2 is 2.05 bits per heavy atom. The number of sulfonamides is 1. The number of hydrogen-bond donors (Lipinski definition) is 3. The van der Waals surface area contributed by atoms with E-state index in [1.807, 2.05) is 12.1 Å². The van der Waals surface area contributed by atoms with Crippen LogP contribution in [0.2, 0.25) is 4.34 Å². The van der Waals surface area contributed by atoms with E-state index in [9.17, 15) is 8.42 Å². The van der Waals surface area contributed by atoms with E-state index in [1.54, 1.807) is 23.5 Å². The second-order valence-corrected chi connectivity index (χ2v) is 8.00. The highest BCUT2D eigenvalue weighted by Crippen LogP contribution is 2.23. The smallest absolute Gasteiger partial charge is 0.242 e. The molecule has 0 saturated heterocycles. The molecular weight excluding hydrogens is 330 g/mol. The first-order chi connectivity index (χ1) is 9.92. The molecule has 0 amide bonds. The summed E-state index contributed by atoms with van der Waals surface area (Å²) in [7, 11) is -2.17. The highest BCUT2D eigenvalue weighted by molar-refractivity contribution is 7.89. The number of rotatable bonds is 6. The Bertz CT molecular complexity index is 729. The summed E-state index contributed by atoms with van der Waals surface area (Å²) >= 11 is 7.42. The topological polar surface area (TPSA) is 84.2 Å². The lowest BCUT2D eigenvalue weighted by atomic mass is 10.2. The van der Waals surface area contributed by atoms with Crippen molar-refractivity contribution in [1.29, 1.82) is 0 Å². The van der Waals surface area contributed by atoms with Gasteiger partial charge in [-0.05, 0) is 43.8 Å². The first-order valence-electron chi connectivity index (χ1n) is 6.23. The number of nitrogen functional groups attached to an aromatic ring is 1. The van der Waals surface area contributed by atoms with Crippen molar-refractivity contribution in [2.24, 2.45) is 0 Å². The minimum atomic E-state index is -3.52. The van der Waals surface area contributed by atoms with Crippen LogP contribution in [-0.2, 0) is 16.4 Å². The third kappa shape index (κ3) is 4.10. The lowest BCUT2D eigenvalue weighted by Crippen LogP contribution is -2.20. The van der Waals surface area contributed by atoms with Crippen LogP contribution >= 0.6 is 22.9 Å². The summed E-state index contributed by atoms with van der Waals surface area (Å²) in [5.74, 6) is 0. The van der Waals surface area contributed by atoms with Crippen LogP contribution in [0.15, 0.2) is 35.2 Å². The number of hydrogen-bond acceptors (Lipinski definition) is 5. The van der Waals surface area contributed by atoms with Gasteiger partial charge in [0.1, 0.15) is 4.90 Å². The van der Waals surface area contributed by atoms with E-state index in [0.29, 0.717) is 6.54 Å². The van der Waals surface area contributed by atoms with Gasteiger partial charge in [0.2, 0.25) is 10.0 Å². The third-order valence-corrected chi connectivity index (χ3v) is 5.68. The van der Waals surface area contributed by atoms with Gasteiger partial charge in [-0.3, -0.25) is 0 Å². The molecule has 1 aromatic heterocycles. The molecule has 4 N–H and O–H groups in total. The fourth-order valence-electron chi connectivity index (χ4n) is 1.83. The van der Waals surface area contributed by atoms with Crippen LogP contribution in [0.25, 0.3) is 0 Å². The summed E-state index contributed by atoms with van der Waals surface area (Å²) < 4.78 is 26.4. The summed E-state index contributed by atoms with van der Waals surface area (Å²) in [6.45, 7) is 0.717. The Hall–Kier alpha value is -1.28. The average Bonchev–Trinajstić information content (AvgIpc) is 2.84. The van der Waals surface area contributed by atoms with Gasteiger partial charge in [-0.25, -0.2) is 13.1 Å². The highest BCUT2D eigenvalue weighted by atomic mass is 35.5. The van der Waals surface area contributed by atoms with Crippen molar-refractivity contribution >= 4 is 44.3 Å². The maximum Gasteiger partial charge on any atom is 0.242 e. The SMILES string of the molecule is CNS(=O)(=O)c1ccc(NCCc2ccc(Cl)s2)cc1N. The summed E-state index contributed by atoms with van der Waals surface area (Å²) in [5, 5.41) is 3.21. The molecule has 0 aliphatic heterocycles. The minimum absolute atomic E-state index is 0.0839. The molecule has 1 heterocycles. The average molecular weight is 346 g/mol. The Morgan fingerprint density at radius 1 is 1.29 bits per heavy atom. The van der Waals surface area contributed by atoms with Crippen molar-refractivity contribution in [2.45, 2.75) is 11.3 Å². The van der Waals surface area contributed by atoms with E-state index in [0.717, 1.165) is 16.4 Å². The quantitative estimate of drug-likeness (QED) is 0.702. The van der Waals surface area contributed by atoms with Crippen LogP contribution in [-0.4, -0.2) is 22.0 Å². The Labute approximate surface area is 133 Å². The van der Waals surface area contributed by atoms with Crippen molar-refractivity contribution in [3.05, 3.63) is 39.5 Å². The van der Waals surface area contributed by atoms with Crippen molar-refractivity contribution in [1.82, 2.24) is 4.72 Å². The van der Waals surface area contributed by atoms with Crippen LogP contribution in [0.4, 0.5) is 11.4 Å². The molecule has 0 radical (unpaired) electrons. The van der Waals surface area contributed by atoms with Gasteiger partial charge in [-0.15, -0.1) is 11.3 Å². The number of benzene rings is 1. The van der Waals surface area contributed by atoms with Crippen LogP contribution in [0, 0.1) is 0 Å². The fourth-order valence-corrected chi connectivity index (χ4v) is 3.75. The number of anilines is 2. The molecule has 0 spiro atoms. The molecule has 2 rings (SSSR count). The van der Waals surface area contributed by atoms with Gasteiger partial charge in [-0.2, -0.15) is 0 Å². The van der Waals surface area contributed by atoms with E-state index in [4.69, 9.17) is 17.3 Å². The number of nitrogens with two attached hydrogens (primary N) is 1. The Balaban J connectivity index is 2.00. The zero-order chi connectivity index (χ0) is 15.5. The fraction of sp³-hybridized carbons (Fsp3) is 0.231. The van der Waals surface area contributed by atoms with Gasteiger partial charge in [-0.1, -0.05) is 11.6 Å². The molecular formula is C13H16ClN3O2S2. The molecule has 0 unspecified atom stereocenters. The van der Waals surface area contributed by atoms with Gasteiger partial charge in [0, 0.05) is 17.1 Å². The zero-order valence-electron chi connectivity index (χ0n) is 11.4. The van der Waals surface area contributed by atoms with Gasteiger partial charge >= 0.3 is 0 Å². The second-order valence-electron chi connectivity index (χ2n) is 4.34. The van der Waals surface area contributed by atoms with Crippen molar-refractivity contribution < 1.29 is 8.42 Å². The minimum Gasteiger partial charge on any atom is -0.398 e. The molecule has 0 bridgehead atoms. The predicted octanol–water partition coefficient (Wildman–Crippen LogP) is 2.55. The summed E-state index contributed by atoms with van der Waals surface area (Å²) in [6.07, 6.45) is 0.841. The van der Waals surface area contributed by atoms with E-state index in [-0.39, 0.29) is 10.6 Å². The highest BCUT2D eigenvalue weighted by Gasteiger charge is 2.15. The molecule has 8 heteroatoms. The largest absolute Gasteiger partial charge is 0.398 e. The van der Waals surface area contributed by atoms with Crippen molar-refractivity contribution in [2.75, 3.05) is 24.6 Å². The zero-order valence-corrected chi connectivity index (χ0v) is 13.8. The Kier molecular flexibility index (Phi) is 5.10. The molecule has 0 aliphatic carbocycles. The Morgan fingerprint density at radius 3 is 2.62 bits per heavy atom. The number of halogens is 1. The summed E-state index contributed by atoms with van der Waals surface area (Å²) in [5.41, 5.74) is 6.79. The lowest BCUT2D eigenvalue weighted by molar-refractivity contribution is 0.588. The van der Waals surface area contributed by atoms with Crippen molar-refractivity contribution in [3.8, 4) is 0 Å². The van der Waals surface area contributed by atoms with Gasteiger partial charge < -0.3 is 11.1 Å². The van der Waals surface area contributed by atoms with Gasteiger partial charge in [0.25, 0.3) is 0 Å². The van der Waals surface area contributed by atoms with Crippen molar-refractivity contribution in [3.63, 3.8) is 0 Å². The van der Waals surface area contributed by atoms with Crippen LogP contribution in [0.5, 0.6) is 0 Å². The molecule has 0 fully saturated rings. The normalized spacial score (nSPS) is 11.5. The van der Waals surface area contributed by atoms with Gasteiger partial charge in [0.05, 0.1) is 10.0 Å². The van der Waals surface area contributed by atoms with Crippen LogP contribution < -0.4 is 15.8 Å². The third-order valence-electron chi connectivity index (χ3n) is 2.90. The molecule has 0 atom stereocenters. The van der Waals surface area contributed by atoms with Gasteiger partial charge in [0.15, 0.2) is 0 Å². The van der Waals surface area contributed by atoms with E-state index in [2.05, 4.69) is 10.0 Å².